The van der Waals surface area contributed by atoms with Gasteiger partial charge in [0.25, 0.3) is 0 Å². The summed E-state index contributed by atoms with van der Waals surface area (Å²) in [4.78, 5) is 0. The Kier molecular flexibility index (Phi) is 4.08. The molecule has 0 amide bonds. The fraction of sp³-hybridized carbons (Fsp3) is 0.0667. The number of hydrogen-bond donors (Lipinski definition) is 2. The number of rotatable bonds is 4. The monoisotopic (exact) mass is 225 g/mol. The van der Waals surface area contributed by atoms with Crippen LogP contribution in [0.3, 0.4) is 0 Å². The Bertz CT molecular complexity index is 435. The molecule has 0 fully saturated rings. The first kappa shape index (κ1) is 11.6. The fourth-order valence-corrected chi connectivity index (χ4v) is 1.79. The normalized spacial score (nSPS) is 9.94. The molecule has 0 spiro atoms. The van der Waals surface area contributed by atoms with Gasteiger partial charge in [-0.3, -0.25) is 0 Å². The van der Waals surface area contributed by atoms with Crippen molar-refractivity contribution in [2.45, 2.75) is 0 Å². The van der Waals surface area contributed by atoms with Gasteiger partial charge in [-0.25, -0.2) is 5.48 Å². The van der Waals surface area contributed by atoms with Crippen LogP contribution in [0.2, 0.25) is 0 Å². The van der Waals surface area contributed by atoms with Crippen LogP contribution in [-0.4, -0.2) is 11.8 Å². The van der Waals surface area contributed by atoms with E-state index in [1.807, 2.05) is 42.5 Å². The zero-order valence-corrected chi connectivity index (χ0v) is 9.51. The zero-order valence-electron chi connectivity index (χ0n) is 9.51. The third kappa shape index (κ3) is 3.03. The predicted molar refractivity (Wildman–Crippen MR) is 69.8 cm³/mol. The van der Waals surface area contributed by atoms with Crippen molar-refractivity contribution < 1.29 is 5.21 Å². The maximum Gasteiger partial charge on any atom is 0.0397 e. The molecule has 0 aliphatic rings. The van der Waals surface area contributed by atoms with Crippen LogP contribution in [0, 0.1) is 0 Å². The molecule has 2 nitrogen and oxygen atoms in total. The van der Waals surface area contributed by atoms with Gasteiger partial charge >= 0.3 is 0 Å². The molecule has 0 saturated carbocycles. The van der Waals surface area contributed by atoms with Crippen LogP contribution in [0.5, 0.6) is 0 Å². The predicted octanol–water partition coefficient (Wildman–Crippen LogP) is 3.10. The van der Waals surface area contributed by atoms with Crippen LogP contribution in [0.1, 0.15) is 11.1 Å². The summed E-state index contributed by atoms with van der Waals surface area (Å²) in [5.41, 5.74) is 5.57. The van der Waals surface area contributed by atoms with Gasteiger partial charge in [-0.05, 0) is 16.7 Å². The summed E-state index contributed by atoms with van der Waals surface area (Å²) in [5, 5.41) is 8.71. The van der Waals surface area contributed by atoms with Crippen molar-refractivity contribution in [3.63, 3.8) is 0 Å². The molecule has 0 aliphatic heterocycles. The van der Waals surface area contributed by atoms with Crippen molar-refractivity contribution in [2.75, 3.05) is 6.54 Å². The first-order valence-corrected chi connectivity index (χ1v) is 5.60. The van der Waals surface area contributed by atoms with Crippen LogP contribution < -0.4 is 5.48 Å². The van der Waals surface area contributed by atoms with Crippen LogP contribution in [-0.2, 0) is 0 Å². The van der Waals surface area contributed by atoms with Crippen molar-refractivity contribution in [3.8, 4) is 0 Å². The minimum Gasteiger partial charge on any atom is -0.317 e. The Morgan fingerprint density at radius 1 is 0.882 bits per heavy atom. The summed E-state index contributed by atoms with van der Waals surface area (Å²) in [5.74, 6) is 0. The van der Waals surface area contributed by atoms with Crippen molar-refractivity contribution in [1.82, 2.24) is 5.48 Å². The van der Waals surface area contributed by atoms with Crippen LogP contribution >= 0.6 is 0 Å². The van der Waals surface area contributed by atoms with Crippen molar-refractivity contribution >= 4 is 5.57 Å². The molecule has 2 N–H and O–H groups in total. The summed E-state index contributed by atoms with van der Waals surface area (Å²) in [6.07, 6.45) is 1.98. The number of nitrogens with one attached hydrogen (secondary N) is 1. The average Bonchev–Trinajstić information content (AvgIpc) is 2.42. The Balaban J connectivity index is 2.40. The lowest BCUT2D eigenvalue weighted by atomic mass is 9.98. The lowest BCUT2D eigenvalue weighted by molar-refractivity contribution is 0.180. The van der Waals surface area contributed by atoms with Gasteiger partial charge in [0.2, 0.25) is 0 Å². The summed E-state index contributed by atoms with van der Waals surface area (Å²) in [7, 11) is 0. The van der Waals surface area contributed by atoms with Gasteiger partial charge in [-0.1, -0.05) is 66.7 Å². The summed E-state index contributed by atoms with van der Waals surface area (Å²) < 4.78 is 0. The van der Waals surface area contributed by atoms with Gasteiger partial charge in [0.05, 0.1) is 0 Å². The number of hydroxylamine groups is 1. The summed E-state index contributed by atoms with van der Waals surface area (Å²) >= 11 is 0. The smallest absolute Gasteiger partial charge is 0.0397 e. The number of benzene rings is 2. The van der Waals surface area contributed by atoms with Crippen LogP contribution in [0.25, 0.3) is 5.57 Å². The highest BCUT2D eigenvalue weighted by molar-refractivity contribution is 5.79. The third-order valence-corrected chi connectivity index (χ3v) is 2.57. The van der Waals surface area contributed by atoms with Gasteiger partial charge in [-0.2, -0.15) is 0 Å². The molecule has 0 radical (unpaired) electrons. The second-order valence-electron chi connectivity index (χ2n) is 3.71. The Hall–Kier alpha value is -1.90. The van der Waals surface area contributed by atoms with Gasteiger partial charge < -0.3 is 5.21 Å². The molecule has 0 bridgehead atoms. The first-order valence-electron chi connectivity index (χ1n) is 5.60. The van der Waals surface area contributed by atoms with Gasteiger partial charge in [0, 0.05) is 6.54 Å². The lowest BCUT2D eigenvalue weighted by Gasteiger charge is -2.08. The standard InChI is InChI=1S/C15H15NO/c17-16-12-11-15(13-7-3-1-4-8-13)14-9-5-2-6-10-14/h1-11,16-17H,12H2. The molecule has 0 unspecified atom stereocenters. The molecule has 2 heteroatoms. The highest BCUT2D eigenvalue weighted by Crippen LogP contribution is 2.22. The second kappa shape index (κ2) is 5.99. The van der Waals surface area contributed by atoms with E-state index in [0.717, 1.165) is 16.7 Å². The Labute approximate surface area is 101 Å². The zero-order chi connectivity index (χ0) is 11.9. The minimum absolute atomic E-state index is 0.430. The van der Waals surface area contributed by atoms with E-state index in [0.29, 0.717) is 6.54 Å². The second-order valence-corrected chi connectivity index (χ2v) is 3.71. The van der Waals surface area contributed by atoms with Crippen molar-refractivity contribution in [3.05, 3.63) is 77.9 Å². The molecule has 17 heavy (non-hydrogen) atoms. The topological polar surface area (TPSA) is 32.3 Å². The fourth-order valence-electron chi connectivity index (χ4n) is 1.79. The summed E-state index contributed by atoms with van der Waals surface area (Å²) in [6, 6.07) is 20.3. The molecular weight excluding hydrogens is 210 g/mol. The minimum atomic E-state index is 0.430. The first-order chi connectivity index (χ1) is 8.42. The van der Waals surface area contributed by atoms with Crippen molar-refractivity contribution in [1.29, 1.82) is 0 Å². The van der Waals surface area contributed by atoms with E-state index in [4.69, 9.17) is 5.21 Å². The van der Waals surface area contributed by atoms with Gasteiger partial charge in [-0.15, -0.1) is 0 Å². The highest BCUT2D eigenvalue weighted by atomic mass is 16.5. The lowest BCUT2D eigenvalue weighted by Crippen LogP contribution is -2.06. The molecule has 0 saturated heterocycles. The molecule has 0 aromatic heterocycles. The Morgan fingerprint density at radius 3 is 1.76 bits per heavy atom. The van der Waals surface area contributed by atoms with E-state index in [1.165, 1.54) is 0 Å². The van der Waals surface area contributed by atoms with E-state index in [1.54, 1.807) is 0 Å². The molecule has 0 atom stereocenters. The van der Waals surface area contributed by atoms with E-state index < -0.39 is 0 Å². The van der Waals surface area contributed by atoms with E-state index >= 15 is 0 Å². The molecule has 86 valence electrons. The SMILES string of the molecule is ONCC=C(c1ccccc1)c1ccccc1. The Morgan fingerprint density at radius 2 is 1.35 bits per heavy atom. The third-order valence-electron chi connectivity index (χ3n) is 2.57. The molecule has 0 heterocycles. The number of hydrogen-bond acceptors (Lipinski definition) is 2. The van der Waals surface area contributed by atoms with E-state index in [2.05, 4.69) is 29.7 Å². The average molecular weight is 225 g/mol. The van der Waals surface area contributed by atoms with Gasteiger partial charge in [0.15, 0.2) is 0 Å². The van der Waals surface area contributed by atoms with Crippen molar-refractivity contribution in [2.24, 2.45) is 0 Å². The molecule has 2 aromatic carbocycles. The maximum atomic E-state index is 8.71. The summed E-state index contributed by atoms with van der Waals surface area (Å²) in [6.45, 7) is 0.430. The maximum absolute atomic E-state index is 8.71. The quantitative estimate of drug-likeness (QED) is 0.784. The molecule has 2 rings (SSSR count). The van der Waals surface area contributed by atoms with E-state index in [-0.39, 0.29) is 0 Å². The van der Waals surface area contributed by atoms with Crippen LogP contribution in [0.4, 0.5) is 0 Å². The highest BCUT2D eigenvalue weighted by Gasteiger charge is 2.02. The van der Waals surface area contributed by atoms with Crippen LogP contribution in [0.15, 0.2) is 66.7 Å². The molecule has 0 aliphatic carbocycles. The van der Waals surface area contributed by atoms with E-state index in [9.17, 15) is 0 Å². The molecular formula is C15H15NO. The largest absolute Gasteiger partial charge is 0.317 e. The van der Waals surface area contributed by atoms with Gasteiger partial charge in [0.1, 0.15) is 0 Å². The molecule has 2 aromatic rings.